The van der Waals surface area contributed by atoms with Crippen LogP contribution in [0.5, 0.6) is 17.2 Å². The molecular formula is C13H10N2O6. The topological polar surface area (TPSA) is 133 Å². The highest BCUT2D eigenvalue weighted by Crippen LogP contribution is 2.29. The van der Waals surface area contributed by atoms with Gasteiger partial charge in [-0.25, -0.2) is 0 Å². The lowest BCUT2D eigenvalue weighted by Crippen LogP contribution is -2.11. The van der Waals surface area contributed by atoms with Crippen molar-refractivity contribution in [2.45, 2.75) is 0 Å². The van der Waals surface area contributed by atoms with Crippen molar-refractivity contribution in [2.24, 2.45) is 0 Å². The average Bonchev–Trinajstić information content (AvgIpc) is 2.43. The number of benzene rings is 2. The van der Waals surface area contributed by atoms with Gasteiger partial charge in [-0.1, -0.05) is 0 Å². The van der Waals surface area contributed by atoms with Crippen LogP contribution in [-0.4, -0.2) is 26.2 Å². The number of phenols is 3. The molecule has 2 aromatic carbocycles. The van der Waals surface area contributed by atoms with Crippen LogP contribution in [0, 0.1) is 10.1 Å². The Balaban J connectivity index is 2.23. The molecule has 0 heterocycles. The van der Waals surface area contributed by atoms with E-state index in [1.54, 1.807) is 0 Å². The Hall–Kier alpha value is -3.29. The van der Waals surface area contributed by atoms with Gasteiger partial charge in [0.1, 0.15) is 5.75 Å². The summed E-state index contributed by atoms with van der Waals surface area (Å²) in [5, 5.41) is 41.0. The zero-order valence-electron chi connectivity index (χ0n) is 10.5. The van der Waals surface area contributed by atoms with Crippen molar-refractivity contribution in [2.75, 3.05) is 5.32 Å². The maximum atomic E-state index is 11.9. The summed E-state index contributed by atoms with van der Waals surface area (Å²) in [5.41, 5.74) is -0.283. The van der Waals surface area contributed by atoms with Gasteiger partial charge in [-0.3, -0.25) is 14.9 Å². The highest BCUT2D eigenvalue weighted by molar-refractivity contribution is 6.05. The molecule has 1 amide bonds. The third kappa shape index (κ3) is 3.00. The molecule has 2 aromatic rings. The second-order valence-electron chi connectivity index (χ2n) is 4.12. The van der Waals surface area contributed by atoms with E-state index in [1.165, 1.54) is 12.1 Å². The number of anilines is 1. The summed E-state index contributed by atoms with van der Waals surface area (Å²) >= 11 is 0. The molecule has 0 spiro atoms. The summed E-state index contributed by atoms with van der Waals surface area (Å²) in [6.07, 6.45) is 0. The van der Waals surface area contributed by atoms with Crippen LogP contribution in [0.3, 0.4) is 0 Å². The van der Waals surface area contributed by atoms with Crippen molar-refractivity contribution in [1.29, 1.82) is 0 Å². The Morgan fingerprint density at radius 2 is 1.71 bits per heavy atom. The molecule has 8 heteroatoms. The molecule has 0 aliphatic rings. The van der Waals surface area contributed by atoms with Crippen LogP contribution in [0.2, 0.25) is 0 Å². The Bertz CT molecular complexity index is 729. The fourth-order valence-corrected chi connectivity index (χ4v) is 1.60. The normalized spacial score (nSPS) is 10.1. The number of rotatable bonds is 3. The van der Waals surface area contributed by atoms with Crippen LogP contribution in [0.25, 0.3) is 0 Å². The monoisotopic (exact) mass is 290 g/mol. The van der Waals surface area contributed by atoms with E-state index >= 15 is 0 Å². The molecule has 0 aliphatic carbocycles. The molecule has 0 bridgehead atoms. The average molecular weight is 290 g/mol. The molecule has 0 atom stereocenters. The Morgan fingerprint density at radius 1 is 1.00 bits per heavy atom. The van der Waals surface area contributed by atoms with Crippen LogP contribution in [0.1, 0.15) is 10.4 Å². The summed E-state index contributed by atoms with van der Waals surface area (Å²) in [6.45, 7) is 0. The second-order valence-corrected chi connectivity index (χ2v) is 4.12. The first-order valence-corrected chi connectivity index (χ1v) is 5.69. The molecule has 4 N–H and O–H groups in total. The van der Waals surface area contributed by atoms with E-state index in [9.17, 15) is 25.1 Å². The number of hydrogen-bond donors (Lipinski definition) is 4. The number of phenolic OH excluding ortho intramolecular Hbond substituents is 3. The fourth-order valence-electron chi connectivity index (χ4n) is 1.60. The highest BCUT2D eigenvalue weighted by atomic mass is 16.6. The highest BCUT2D eigenvalue weighted by Gasteiger charge is 2.14. The SMILES string of the molecule is O=C(Nc1ccc([N+](=O)[O-])cc1O)c1ccc(O)c(O)c1. The molecule has 8 nitrogen and oxygen atoms in total. The molecule has 0 fully saturated rings. The third-order valence-corrected chi connectivity index (χ3v) is 2.68. The minimum absolute atomic E-state index is 0.0156. The minimum Gasteiger partial charge on any atom is -0.506 e. The van der Waals surface area contributed by atoms with Crippen LogP contribution in [0.4, 0.5) is 11.4 Å². The number of carbonyl (C=O) groups is 1. The van der Waals surface area contributed by atoms with Gasteiger partial charge in [0, 0.05) is 11.6 Å². The molecule has 0 saturated carbocycles. The summed E-state index contributed by atoms with van der Waals surface area (Å²) < 4.78 is 0. The predicted molar refractivity (Wildman–Crippen MR) is 72.5 cm³/mol. The summed E-state index contributed by atoms with van der Waals surface area (Å²) in [6, 6.07) is 6.68. The number of aromatic hydroxyl groups is 3. The molecule has 0 radical (unpaired) electrons. The van der Waals surface area contributed by atoms with Crippen molar-refractivity contribution in [1.82, 2.24) is 0 Å². The summed E-state index contributed by atoms with van der Waals surface area (Å²) in [4.78, 5) is 21.8. The van der Waals surface area contributed by atoms with E-state index in [1.807, 2.05) is 0 Å². The summed E-state index contributed by atoms with van der Waals surface area (Å²) in [5.74, 6) is -1.95. The first-order chi connectivity index (χ1) is 9.88. The Morgan fingerprint density at radius 3 is 2.29 bits per heavy atom. The van der Waals surface area contributed by atoms with Crippen LogP contribution < -0.4 is 5.32 Å². The van der Waals surface area contributed by atoms with Gasteiger partial charge in [0.15, 0.2) is 11.5 Å². The first-order valence-electron chi connectivity index (χ1n) is 5.69. The molecule has 0 saturated heterocycles. The molecule has 0 aliphatic heterocycles. The zero-order valence-corrected chi connectivity index (χ0v) is 10.5. The van der Waals surface area contributed by atoms with Crippen molar-refractivity contribution < 1.29 is 25.0 Å². The first kappa shape index (κ1) is 14.1. The van der Waals surface area contributed by atoms with Gasteiger partial charge in [-0.05, 0) is 24.3 Å². The van der Waals surface area contributed by atoms with Crippen LogP contribution in [0.15, 0.2) is 36.4 Å². The molecule has 21 heavy (non-hydrogen) atoms. The van der Waals surface area contributed by atoms with Crippen LogP contribution in [-0.2, 0) is 0 Å². The molecule has 108 valence electrons. The van der Waals surface area contributed by atoms with Gasteiger partial charge in [-0.2, -0.15) is 0 Å². The number of nitro benzene ring substituents is 1. The number of nitro groups is 1. The number of carbonyl (C=O) groups excluding carboxylic acids is 1. The number of nitrogens with zero attached hydrogens (tertiary/aromatic N) is 1. The predicted octanol–water partition coefficient (Wildman–Crippen LogP) is 1.96. The van der Waals surface area contributed by atoms with Gasteiger partial charge >= 0.3 is 0 Å². The third-order valence-electron chi connectivity index (χ3n) is 2.68. The van der Waals surface area contributed by atoms with Crippen molar-refractivity contribution in [3.8, 4) is 17.2 Å². The lowest BCUT2D eigenvalue weighted by atomic mass is 10.1. The number of amides is 1. The maximum absolute atomic E-state index is 11.9. The van der Waals surface area contributed by atoms with Crippen molar-refractivity contribution in [3.05, 3.63) is 52.1 Å². The standard InChI is InChI=1S/C13H10N2O6/c16-10-4-1-7(5-12(10)18)13(19)14-9-3-2-8(15(20)21)6-11(9)17/h1-6,16-18H,(H,14,19). The summed E-state index contributed by atoms with van der Waals surface area (Å²) in [7, 11) is 0. The lowest BCUT2D eigenvalue weighted by Gasteiger charge is -2.07. The smallest absolute Gasteiger partial charge is 0.273 e. The largest absolute Gasteiger partial charge is 0.506 e. The van der Waals surface area contributed by atoms with E-state index in [4.69, 9.17) is 5.11 Å². The van der Waals surface area contributed by atoms with E-state index in [0.29, 0.717) is 0 Å². The molecule has 0 aromatic heterocycles. The van der Waals surface area contributed by atoms with E-state index in [-0.39, 0.29) is 22.7 Å². The van der Waals surface area contributed by atoms with E-state index in [2.05, 4.69) is 5.32 Å². The Labute approximate surface area is 118 Å². The second kappa shape index (κ2) is 5.37. The number of nitrogens with one attached hydrogen (secondary N) is 1. The van der Waals surface area contributed by atoms with Crippen molar-refractivity contribution in [3.63, 3.8) is 0 Å². The Kier molecular flexibility index (Phi) is 3.61. The van der Waals surface area contributed by atoms with Crippen molar-refractivity contribution >= 4 is 17.3 Å². The number of non-ortho nitro benzene ring substituents is 1. The van der Waals surface area contributed by atoms with E-state index < -0.39 is 22.3 Å². The quantitative estimate of drug-likeness (QED) is 0.388. The molecule has 2 rings (SSSR count). The van der Waals surface area contributed by atoms with E-state index in [0.717, 1.165) is 24.3 Å². The van der Waals surface area contributed by atoms with Gasteiger partial charge in [0.2, 0.25) is 0 Å². The van der Waals surface area contributed by atoms with Gasteiger partial charge in [0.05, 0.1) is 16.7 Å². The zero-order chi connectivity index (χ0) is 15.6. The van der Waals surface area contributed by atoms with Gasteiger partial charge in [0.25, 0.3) is 11.6 Å². The van der Waals surface area contributed by atoms with Gasteiger partial charge in [-0.15, -0.1) is 0 Å². The van der Waals surface area contributed by atoms with Crippen LogP contribution >= 0.6 is 0 Å². The van der Waals surface area contributed by atoms with Gasteiger partial charge < -0.3 is 20.6 Å². The molecule has 0 unspecified atom stereocenters. The lowest BCUT2D eigenvalue weighted by molar-refractivity contribution is -0.384. The molecular weight excluding hydrogens is 280 g/mol. The minimum atomic E-state index is -0.677. The number of hydrogen-bond acceptors (Lipinski definition) is 6. The fraction of sp³-hybridized carbons (Fsp3) is 0. The maximum Gasteiger partial charge on any atom is 0.273 e.